The number of nitro benzene ring substituents is 1. The molecule has 0 amide bonds. The minimum absolute atomic E-state index is 0.140. The Hall–Kier alpha value is -4.34. The van der Waals surface area contributed by atoms with Gasteiger partial charge >= 0.3 is 5.97 Å². The van der Waals surface area contributed by atoms with Gasteiger partial charge in [0.25, 0.3) is 11.2 Å². The zero-order chi connectivity index (χ0) is 21.3. The highest BCUT2D eigenvalue weighted by Gasteiger charge is 2.19. The molecule has 10 heteroatoms. The normalized spacial score (nSPS) is 10.8. The quantitative estimate of drug-likeness (QED) is 0.284. The first-order valence-electron chi connectivity index (χ1n) is 8.84. The number of benzene rings is 2. The molecule has 0 aliphatic carbocycles. The van der Waals surface area contributed by atoms with Gasteiger partial charge in [-0.3, -0.25) is 19.5 Å². The number of hydrogen-bond donors (Lipinski definition) is 0. The van der Waals surface area contributed by atoms with Gasteiger partial charge in [-0.05, 0) is 23.8 Å². The molecule has 0 radical (unpaired) electrons. The third kappa shape index (κ3) is 3.30. The molecule has 150 valence electrons. The molecule has 0 N–H and O–H groups in total. The number of nitro groups is 1. The van der Waals surface area contributed by atoms with Crippen molar-refractivity contribution in [3.05, 3.63) is 92.7 Å². The Labute approximate surface area is 169 Å². The number of methoxy groups -OCH3 is 1. The second kappa shape index (κ2) is 7.59. The van der Waals surface area contributed by atoms with Gasteiger partial charge < -0.3 is 4.74 Å². The highest BCUT2D eigenvalue weighted by atomic mass is 16.6. The molecule has 0 saturated heterocycles. The predicted molar refractivity (Wildman–Crippen MR) is 107 cm³/mol. The number of fused-ring (bicyclic) bond motifs is 1. The van der Waals surface area contributed by atoms with E-state index in [1.807, 2.05) is 0 Å². The van der Waals surface area contributed by atoms with E-state index in [-0.39, 0.29) is 34.5 Å². The highest BCUT2D eigenvalue weighted by molar-refractivity contribution is 5.89. The van der Waals surface area contributed by atoms with Crippen molar-refractivity contribution in [3.63, 3.8) is 0 Å². The summed E-state index contributed by atoms with van der Waals surface area (Å²) < 4.78 is 7.35. The van der Waals surface area contributed by atoms with Gasteiger partial charge in [0.1, 0.15) is 17.4 Å². The molecule has 0 saturated carbocycles. The molecule has 0 aliphatic heterocycles. The Balaban J connectivity index is 1.71. The number of para-hydroxylation sites is 2. The summed E-state index contributed by atoms with van der Waals surface area (Å²) >= 11 is 0. The first-order chi connectivity index (χ1) is 14.5. The summed E-state index contributed by atoms with van der Waals surface area (Å²) in [6, 6.07) is 12.8. The van der Waals surface area contributed by atoms with Crippen LogP contribution in [0.1, 0.15) is 15.9 Å². The zero-order valence-corrected chi connectivity index (χ0v) is 15.8. The van der Waals surface area contributed by atoms with Crippen molar-refractivity contribution in [1.29, 1.82) is 0 Å². The van der Waals surface area contributed by atoms with Crippen LogP contribution in [-0.4, -0.2) is 37.3 Å². The van der Waals surface area contributed by atoms with E-state index >= 15 is 0 Å². The number of carbonyl (C=O) groups excluding carboxylic acids is 1. The van der Waals surface area contributed by atoms with Crippen molar-refractivity contribution >= 4 is 22.7 Å². The van der Waals surface area contributed by atoms with E-state index in [1.54, 1.807) is 42.5 Å². The summed E-state index contributed by atoms with van der Waals surface area (Å²) in [7, 11) is 1.31. The van der Waals surface area contributed by atoms with E-state index < -0.39 is 10.9 Å². The van der Waals surface area contributed by atoms with Gasteiger partial charge in [0.2, 0.25) is 0 Å². The molecule has 2 heterocycles. The topological polar surface area (TPSA) is 122 Å². The molecule has 0 atom stereocenters. The molecule has 0 bridgehead atoms. The number of aromatic nitrogens is 4. The Morgan fingerprint density at radius 1 is 1.17 bits per heavy atom. The van der Waals surface area contributed by atoms with Crippen LogP contribution in [-0.2, 0) is 11.3 Å². The lowest BCUT2D eigenvalue weighted by Crippen LogP contribution is -2.21. The number of hydrogen-bond acceptors (Lipinski definition) is 7. The van der Waals surface area contributed by atoms with Gasteiger partial charge in [-0.1, -0.05) is 24.3 Å². The number of esters is 1. The Morgan fingerprint density at radius 2 is 1.90 bits per heavy atom. The Morgan fingerprint density at radius 3 is 2.60 bits per heavy atom. The maximum absolute atomic E-state index is 12.9. The molecule has 0 aliphatic rings. The Kier molecular flexibility index (Phi) is 4.80. The lowest BCUT2D eigenvalue weighted by Gasteiger charge is -2.07. The van der Waals surface area contributed by atoms with E-state index in [9.17, 15) is 19.7 Å². The van der Waals surface area contributed by atoms with Gasteiger partial charge in [0.15, 0.2) is 5.65 Å². The van der Waals surface area contributed by atoms with E-state index in [4.69, 9.17) is 0 Å². The standard InChI is InChI=1S/C20H15N5O5/c1-30-20(27)14-8-6-13(7-9-14)11-23-12-21-18-15(19(23)26)10-22-24(18)16-4-2-3-5-17(16)25(28)29/h2-10,12H,11H2,1H3. The van der Waals surface area contributed by atoms with Crippen molar-refractivity contribution in [3.8, 4) is 5.69 Å². The average molecular weight is 405 g/mol. The van der Waals surface area contributed by atoms with Crippen LogP contribution in [0.3, 0.4) is 0 Å². The summed E-state index contributed by atoms with van der Waals surface area (Å²) in [5.74, 6) is -0.441. The van der Waals surface area contributed by atoms with E-state index in [2.05, 4.69) is 14.8 Å². The van der Waals surface area contributed by atoms with E-state index in [0.29, 0.717) is 5.56 Å². The summed E-state index contributed by atoms with van der Waals surface area (Å²) in [6.45, 7) is 0.236. The molecule has 4 aromatic rings. The maximum atomic E-state index is 12.9. The van der Waals surface area contributed by atoms with Crippen LogP contribution < -0.4 is 5.56 Å². The van der Waals surface area contributed by atoms with Crippen LogP contribution >= 0.6 is 0 Å². The monoisotopic (exact) mass is 405 g/mol. The zero-order valence-electron chi connectivity index (χ0n) is 15.8. The first kappa shape index (κ1) is 19.0. The van der Waals surface area contributed by atoms with Crippen LogP contribution in [0.5, 0.6) is 0 Å². The minimum Gasteiger partial charge on any atom is -0.465 e. The summed E-state index contributed by atoms with van der Waals surface area (Å²) in [5.41, 5.74) is 1.18. The molecule has 0 spiro atoms. The third-order valence-corrected chi connectivity index (χ3v) is 4.59. The lowest BCUT2D eigenvalue weighted by atomic mass is 10.1. The number of carbonyl (C=O) groups is 1. The molecule has 30 heavy (non-hydrogen) atoms. The van der Waals surface area contributed by atoms with Crippen LogP contribution in [0.2, 0.25) is 0 Å². The fourth-order valence-electron chi connectivity index (χ4n) is 3.10. The average Bonchev–Trinajstić information content (AvgIpc) is 3.20. The molecule has 10 nitrogen and oxygen atoms in total. The minimum atomic E-state index is -0.512. The first-order valence-corrected chi connectivity index (χ1v) is 8.84. The lowest BCUT2D eigenvalue weighted by molar-refractivity contribution is -0.384. The molecule has 0 unspecified atom stereocenters. The van der Waals surface area contributed by atoms with Crippen molar-refractivity contribution < 1.29 is 14.5 Å². The van der Waals surface area contributed by atoms with Crippen LogP contribution in [0.15, 0.2) is 65.8 Å². The number of nitrogens with zero attached hydrogens (tertiary/aromatic N) is 5. The van der Waals surface area contributed by atoms with Crippen LogP contribution in [0.4, 0.5) is 5.69 Å². The fourth-order valence-corrected chi connectivity index (χ4v) is 3.10. The smallest absolute Gasteiger partial charge is 0.337 e. The van der Waals surface area contributed by atoms with Crippen molar-refractivity contribution in [1.82, 2.24) is 19.3 Å². The third-order valence-electron chi connectivity index (χ3n) is 4.59. The fraction of sp³-hybridized carbons (Fsp3) is 0.100. The van der Waals surface area contributed by atoms with Crippen molar-refractivity contribution in [2.75, 3.05) is 7.11 Å². The molecular formula is C20H15N5O5. The predicted octanol–water partition coefficient (Wildman–Crippen LogP) is 2.33. The molecule has 0 fully saturated rings. The van der Waals surface area contributed by atoms with Gasteiger partial charge in [0.05, 0.1) is 30.3 Å². The molecule has 4 rings (SSSR count). The summed E-state index contributed by atoms with van der Waals surface area (Å²) in [4.78, 5) is 39.5. The molecular weight excluding hydrogens is 390 g/mol. The van der Waals surface area contributed by atoms with Crippen LogP contribution in [0, 0.1) is 10.1 Å². The van der Waals surface area contributed by atoms with Gasteiger partial charge in [-0.25, -0.2) is 14.5 Å². The van der Waals surface area contributed by atoms with Crippen molar-refractivity contribution in [2.24, 2.45) is 0 Å². The van der Waals surface area contributed by atoms with E-state index in [1.165, 1.54) is 34.9 Å². The number of ether oxygens (including phenoxy) is 1. The second-order valence-corrected chi connectivity index (χ2v) is 6.41. The largest absolute Gasteiger partial charge is 0.465 e. The maximum Gasteiger partial charge on any atom is 0.337 e. The van der Waals surface area contributed by atoms with Gasteiger partial charge in [0, 0.05) is 6.07 Å². The summed E-state index contributed by atoms with van der Waals surface area (Å²) in [6.07, 6.45) is 2.71. The molecule has 2 aromatic carbocycles. The van der Waals surface area contributed by atoms with Gasteiger partial charge in [-0.2, -0.15) is 5.10 Å². The SMILES string of the molecule is COC(=O)c1ccc(Cn2cnc3c(cnn3-c3ccccc3[N+](=O)[O-])c2=O)cc1. The highest BCUT2D eigenvalue weighted by Crippen LogP contribution is 2.23. The molecule has 2 aromatic heterocycles. The van der Waals surface area contributed by atoms with Crippen molar-refractivity contribution in [2.45, 2.75) is 6.54 Å². The number of rotatable bonds is 5. The van der Waals surface area contributed by atoms with E-state index in [0.717, 1.165) is 5.56 Å². The Bertz CT molecular complexity index is 1320. The van der Waals surface area contributed by atoms with Crippen LogP contribution in [0.25, 0.3) is 16.7 Å². The second-order valence-electron chi connectivity index (χ2n) is 6.41. The van der Waals surface area contributed by atoms with Gasteiger partial charge in [-0.15, -0.1) is 0 Å². The summed E-state index contributed by atoms with van der Waals surface area (Å²) in [5, 5.41) is 15.7.